The Labute approximate surface area is 174 Å². The van der Waals surface area contributed by atoms with Crippen molar-refractivity contribution < 1.29 is 9.53 Å². The summed E-state index contributed by atoms with van der Waals surface area (Å²) in [5, 5.41) is 12.3. The van der Waals surface area contributed by atoms with Crippen LogP contribution in [-0.2, 0) is 11.3 Å². The monoisotopic (exact) mass is 406 g/mol. The van der Waals surface area contributed by atoms with E-state index in [1.54, 1.807) is 12.3 Å². The summed E-state index contributed by atoms with van der Waals surface area (Å²) in [6.45, 7) is 4.52. The normalized spacial score (nSPS) is 10.4. The molecular weight excluding hydrogens is 384 g/mol. The summed E-state index contributed by atoms with van der Waals surface area (Å²) >= 11 is 1.40. The van der Waals surface area contributed by atoms with Gasteiger partial charge in [0.2, 0.25) is 5.91 Å². The molecule has 3 rings (SSSR count). The Bertz CT molecular complexity index is 1020. The largest absolute Gasteiger partial charge is 0.479 e. The Balaban J connectivity index is 1.56. The van der Waals surface area contributed by atoms with Gasteiger partial charge in [0.1, 0.15) is 11.8 Å². The Morgan fingerprint density at radius 2 is 2.03 bits per heavy atom. The number of carbonyl (C=O) groups excluding carboxylic acids is 1. The van der Waals surface area contributed by atoms with Gasteiger partial charge < -0.3 is 10.1 Å². The van der Waals surface area contributed by atoms with Crippen LogP contribution in [0.15, 0.2) is 60.0 Å². The lowest BCUT2D eigenvalue weighted by atomic mass is 10.1. The van der Waals surface area contributed by atoms with E-state index >= 15 is 0 Å². The lowest BCUT2D eigenvalue weighted by Gasteiger charge is -2.10. The Hall–Kier alpha value is -3.24. The van der Waals surface area contributed by atoms with Gasteiger partial charge in [-0.05, 0) is 54.8 Å². The number of ether oxygens (including phenoxy) is 1. The van der Waals surface area contributed by atoms with Gasteiger partial charge in [0.25, 0.3) is 0 Å². The second kappa shape index (κ2) is 9.80. The van der Waals surface area contributed by atoms with Crippen LogP contribution in [0.3, 0.4) is 0 Å². The fourth-order valence-corrected chi connectivity index (χ4v) is 3.73. The van der Waals surface area contributed by atoms with Crippen LogP contribution in [0.25, 0.3) is 5.69 Å². The fraction of sp³-hybridized carbons (Fsp3) is 0.227. The quantitative estimate of drug-likeness (QED) is 0.576. The van der Waals surface area contributed by atoms with E-state index in [0.717, 1.165) is 16.4 Å². The van der Waals surface area contributed by atoms with Crippen molar-refractivity contribution in [3.8, 4) is 17.5 Å². The van der Waals surface area contributed by atoms with Crippen LogP contribution in [-0.4, -0.2) is 27.8 Å². The zero-order valence-corrected chi connectivity index (χ0v) is 17.2. The molecule has 2 aromatic carbocycles. The predicted octanol–water partition coefficient (Wildman–Crippen LogP) is 3.80. The summed E-state index contributed by atoms with van der Waals surface area (Å²) in [5.74, 6) is 0.809. The van der Waals surface area contributed by atoms with Crippen molar-refractivity contribution in [2.24, 2.45) is 0 Å². The number of benzene rings is 2. The molecule has 1 aromatic heterocycles. The van der Waals surface area contributed by atoms with Crippen molar-refractivity contribution >= 4 is 17.7 Å². The third-order valence-corrected chi connectivity index (χ3v) is 5.08. The van der Waals surface area contributed by atoms with E-state index in [1.165, 1.54) is 22.9 Å². The molecule has 0 atom stereocenters. The highest BCUT2D eigenvalue weighted by atomic mass is 32.2. The number of hydrogen-bond donors (Lipinski definition) is 1. The zero-order chi connectivity index (χ0) is 20.6. The van der Waals surface area contributed by atoms with Gasteiger partial charge in [-0.2, -0.15) is 5.26 Å². The van der Waals surface area contributed by atoms with E-state index < -0.39 is 0 Å². The molecule has 0 aliphatic rings. The second-order valence-corrected chi connectivity index (χ2v) is 7.53. The number of carbonyl (C=O) groups is 1. The van der Waals surface area contributed by atoms with E-state index in [-0.39, 0.29) is 18.3 Å². The molecule has 0 aliphatic carbocycles. The van der Waals surface area contributed by atoms with Gasteiger partial charge in [-0.15, -0.1) is 0 Å². The van der Waals surface area contributed by atoms with Gasteiger partial charge in [-0.3, -0.25) is 9.36 Å². The van der Waals surface area contributed by atoms with Gasteiger partial charge in [0.15, 0.2) is 11.8 Å². The lowest BCUT2D eigenvalue weighted by Crippen LogP contribution is -2.24. The molecule has 0 saturated heterocycles. The van der Waals surface area contributed by atoms with Gasteiger partial charge in [0, 0.05) is 24.6 Å². The topological polar surface area (TPSA) is 79.9 Å². The van der Waals surface area contributed by atoms with Crippen LogP contribution in [0.4, 0.5) is 0 Å². The first-order valence-electron chi connectivity index (χ1n) is 9.15. The van der Waals surface area contributed by atoms with Crippen LogP contribution in [0, 0.1) is 25.2 Å². The molecule has 148 valence electrons. The highest BCUT2D eigenvalue weighted by Gasteiger charge is 2.10. The number of hydrogen-bond acceptors (Lipinski definition) is 5. The lowest BCUT2D eigenvalue weighted by molar-refractivity contribution is -0.118. The highest BCUT2D eigenvalue weighted by Crippen LogP contribution is 2.22. The second-order valence-electron chi connectivity index (χ2n) is 6.59. The van der Waals surface area contributed by atoms with E-state index in [4.69, 9.17) is 10.00 Å². The molecule has 0 unspecified atom stereocenters. The maximum atomic E-state index is 12.3. The molecule has 0 spiro atoms. The number of nitrogens with zero attached hydrogens (tertiary/aromatic N) is 3. The van der Waals surface area contributed by atoms with Crippen LogP contribution >= 0.6 is 11.8 Å². The number of rotatable bonds is 8. The predicted molar refractivity (Wildman–Crippen MR) is 113 cm³/mol. The highest BCUT2D eigenvalue weighted by molar-refractivity contribution is 7.99. The molecule has 0 aliphatic heterocycles. The first-order valence-corrected chi connectivity index (χ1v) is 10.1. The third-order valence-electron chi connectivity index (χ3n) is 4.12. The number of aryl methyl sites for hydroxylation is 2. The van der Waals surface area contributed by atoms with E-state index in [9.17, 15) is 4.79 Å². The van der Waals surface area contributed by atoms with Crippen molar-refractivity contribution in [1.82, 2.24) is 14.9 Å². The minimum Gasteiger partial charge on any atom is -0.479 e. The van der Waals surface area contributed by atoms with Crippen molar-refractivity contribution in [3.05, 3.63) is 71.5 Å². The summed E-state index contributed by atoms with van der Waals surface area (Å²) in [6, 6.07) is 15.6. The first kappa shape index (κ1) is 20.5. The molecular formula is C22H22N4O2S. The molecule has 1 N–H and O–H groups in total. The molecule has 7 heteroatoms. The molecule has 3 aromatic rings. The van der Waals surface area contributed by atoms with E-state index in [1.807, 2.05) is 35.0 Å². The maximum absolute atomic E-state index is 12.3. The maximum Gasteiger partial charge on any atom is 0.230 e. The SMILES string of the molecule is Cc1cc(C)cc(-n2ccnc2SCC(=O)NCc2cccc(OCC#N)c2)c1. The molecule has 1 amide bonds. The van der Waals surface area contributed by atoms with Crippen molar-refractivity contribution in [3.63, 3.8) is 0 Å². The Morgan fingerprint density at radius 3 is 2.79 bits per heavy atom. The minimum atomic E-state index is -0.0756. The summed E-state index contributed by atoms with van der Waals surface area (Å²) < 4.78 is 7.28. The molecule has 29 heavy (non-hydrogen) atoms. The zero-order valence-electron chi connectivity index (χ0n) is 16.4. The van der Waals surface area contributed by atoms with Crippen molar-refractivity contribution in [2.45, 2.75) is 25.5 Å². The van der Waals surface area contributed by atoms with Gasteiger partial charge in [-0.25, -0.2) is 4.98 Å². The molecule has 0 bridgehead atoms. The molecule has 0 saturated carbocycles. The van der Waals surface area contributed by atoms with Crippen molar-refractivity contribution in [2.75, 3.05) is 12.4 Å². The summed E-state index contributed by atoms with van der Waals surface area (Å²) in [7, 11) is 0. The van der Waals surface area contributed by atoms with E-state index in [0.29, 0.717) is 12.3 Å². The average molecular weight is 407 g/mol. The number of nitrogens with one attached hydrogen (secondary N) is 1. The number of thioether (sulfide) groups is 1. The van der Waals surface area contributed by atoms with Crippen LogP contribution in [0.1, 0.15) is 16.7 Å². The minimum absolute atomic E-state index is 0.000434. The number of amides is 1. The van der Waals surface area contributed by atoms with Gasteiger partial charge in [-0.1, -0.05) is 30.0 Å². The van der Waals surface area contributed by atoms with Gasteiger partial charge in [0.05, 0.1) is 5.75 Å². The summed E-state index contributed by atoms with van der Waals surface area (Å²) in [5.41, 5.74) is 4.32. The molecule has 0 fully saturated rings. The smallest absolute Gasteiger partial charge is 0.230 e. The summed E-state index contributed by atoms with van der Waals surface area (Å²) in [4.78, 5) is 16.7. The van der Waals surface area contributed by atoms with Crippen LogP contribution in [0.5, 0.6) is 5.75 Å². The van der Waals surface area contributed by atoms with Crippen molar-refractivity contribution in [1.29, 1.82) is 5.26 Å². The van der Waals surface area contributed by atoms with Crippen LogP contribution in [0.2, 0.25) is 0 Å². The number of aromatic nitrogens is 2. The third kappa shape index (κ3) is 5.87. The Morgan fingerprint density at radius 1 is 1.24 bits per heavy atom. The van der Waals surface area contributed by atoms with Crippen LogP contribution < -0.4 is 10.1 Å². The fourth-order valence-electron chi connectivity index (χ4n) is 2.93. The number of imidazole rings is 1. The molecule has 1 heterocycles. The summed E-state index contributed by atoms with van der Waals surface area (Å²) in [6.07, 6.45) is 3.64. The number of nitriles is 1. The first-order chi connectivity index (χ1) is 14.0. The standard InChI is InChI=1S/C22H22N4O2S/c1-16-10-17(2)12-19(11-16)26-8-7-24-22(26)29-15-21(27)25-14-18-4-3-5-20(13-18)28-9-6-23/h3-5,7-8,10-13H,9,14-15H2,1-2H3,(H,25,27). The molecule has 0 radical (unpaired) electrons. The van der Waals surface area contributed by atoms with E-state index in [2.05, 4.69) is 42.3 Å². The molecule has 6 nitrogen and oxygen atoms in total. The average Bonchev–Trinajstić information content (AvgIpc) is 3.17. The Kier molecular flexibility index (Phi) is 6.93. The van der Waals surface area contributed by atoms with Gasteiger partial charge >= 0.3 is 0 Å².